The number of phenols is 2. The van der Waals surface area contributed by atoms with Crippen LogP contribution in [0.25, 0.3) is 0 Å². The van der Waals surface area contributed by atoms with E-state index in [2.05, 4.69) is 0 Å². The number of aliphatic hydroxyl groups excluding tert-OH is 1. The quantitative estimate of drug-likeness (QED) is 0.179. The first-order chi connectivity index (χ1) is 31.8. The van der Waals surface area contributed by atoms with Crippen LogP contribution in [-0.4, -0.2) is 135 Å². The van der Waals surface area contributed by atoms with Crippen molar-refractivity contribution in [2.45, 2.75) is 178 Å². The minimum Gasteiger partial charge on any atom is -0.507 e. The van der Waals surface area contributed by atoms with E-state index in [4.69, 9.17) is 42.6 Å². The Hall–Kier alpha value is -4.73. The molecule has 2 aromatic carbocycles. The van der Waals surface area contributed by atoms with Crippen LogP contribution in [0.2, 0.25) is 0 Å². The lowest BCUT2D eigenvalue weighted by Gasteiger charge is -2.43. The van der Waals surface area contributed by atoms with Crippen LogP contribution in [0.3, 0.4) is 0 Å². The second-order valence-corrected chi connectivity index (χ2v) is 18.5. The van der Waals surface area contributed by atoms with Crippen LogP contribution < -0.4 is 0 Å². The third-order valence-electron chi connectivity index (χ3n) is 13.3. The number of carboxylic acids is 1. The molecule has 1 aliphatic carbocycles. The van der Waals surface area contributed by atoms with Gasteiger partial charge in [-0.3, -0.25) is 24.0 Å². The van der Waals surface area contributed by atoms with Crippen LogP contribution in [0.4, 0.5) is 0 Å². The molecule has 6 aliphatic rings. The van der Waals surface area contributed by atoms with Crippen molar-refractivity contribution in [2.24, 2.45) is 0 Å². The van der Waals surface area contributed by atoms with Gasteiger partial charge in [0.25, 0.3) is 0 Å². The van der Waals surface area contributed by atoms with E-state index >= 15 is 0 Å². The van der Waals surface area contributed by atoms with Crippen molar-refractivity contribution in [1.82, 2.24) is 0 Å². The highest BCUT2D eigenvalue weighted by atomic mass is 16.7. The Morgan fingerprint density at radius 2 is 1.31 bits per heavy atom. The van der Waals surface area contributed by atoms with Crippen molar-refractivity contribution in [1.29, 1.82) is 0 Å². The second kappa shape index (κ2) is 19.7. The summed E-state index contributed by atoms with van der Waals surface area (Å²) in [5, 5.41) is 44.8. The molecule has 3 fully saturated rings. The molecule has 0 radical (unpaired) electrons. The number of aromatic hydroxyl groups is 2. The number of carbonyl (C=O) groups excluding carboxylic acids is 4. The fraction of sp³-hybridized carbons (Fsp3) is 0.571. The van der Waals surface area contributed by atoms with Crippen molar-refractivity contribution in [2.75, 3.05) is 0 Å². The standard InChI is InChI=1S/C49H58O18/c1-22-7-14-35(65-39-17-13-32(51)24(3)62-39)48(59-22)66-47-26(5)60-36(19-33(47)52)28-10-11-30-42(44(28)56)46(58)29-9-8-27(43(55)41(29)45(30)57)20-49(6,21-37(53)54)67-40-18-15-34(25(4)63-40)64-38-16-12-31(50)23(2)61-38/h8-13,16-17,22-26,33-36,38-40,47-48,52,55-56H,7,14-15,18-21H2,1-6H3,(H,53,54)/t22-,23-,24-,25-,26+,33+,34-,35-,36+,38-,39-,40-,47+,48-,49+/m0/s1. The van der Waals surface area contributed by atoms with Gasteiger partial charge in [-0.1, -0.05) is 12.1 Å². The molecule has 2 aromatic rings. The number of ether oxygens (including phenoxy) is 9. The average molecular weight is 935 g/mol. The van der Waals surface area contributed by atoms with Gasteiger partial charge < -0.3 is 63.1 Å². The van der Waals surface area contributed by atoms with E-state index in [1.807, 2.05) is 6.92 Å². The Morgan fingerprint density at radius 3 is 1.91 bits per heavy atom. The molecule has 5 aliphatic heterocycles. The highest BCUT2D eigenvalue weighted by Gasteiger charge is 2.45. The monoisotopic (exact) mass is 934 g/mol. The highest BCUT2D eigenvalue weighted by Crippen LogP contribution is 2.45. The fourth-order valence-electron chi connectivity index (χ4n) is 9.66. The van der Waals surface area contributed by atoms with Gasteiger partial charge in [0.05, 0.1) is 59.8 Å². The van der Waals surface area contributed by atoms with Gasteiger partial charge in [0, 0.05) is 36.0 Å². The van der Waals surface area contributed by atoms with Crippen LogP contribution in [0.5, 0.6) is 11.5 Å². The minimum absolute atomic E-state index is 0.0575. The Kier molecular flexibility index (Phi) is 14.3. The van der Waals surface area contributed by atoms with E-state index in [0.29, 0.717) is 25.7 Å². The number of benzene rings is 2. The SMILES string of the molecule is C[C@@H]1O[C@@H](O[C@H]2CC[C@H](C)O[C@H]2O[C@H]2[C@H](O)C[C@H](c3ccc4c(c3O)C(=O)c3ccc(C[C@](C)(CC(=O)O)O[C@H]5CC[C@H](O[C@H]6C=CC(=O)[C@H](C)O6)[C@H](C)O5)c(O)c3C4=O)O[C@@H]2C)C=CC1=O. The Balaban J connectivity index is 0.941. The third-order valence-corrected chi connectivity index (χ3v) is 13.3. The molecule has 3 saturated heterocycles. The fourth-order valence-corrected chi connectivity index (χ4v) is 9.66. The van der Waals surface area contributed by atoms with Gasteiger partial charge in [-0.05, 0) is 103 Å². The number of carbonyl (C=O) groups is 5. The molecule has 18 heteroatoms. The first-order valence-electron chi connectivity index (χ1n) is 22.8. The predicted molar refractivity (Wildman–Crippen MR) is 231 cm³/mol. The van der Waals surface area contributed by atoms with E-state index in [1.54, 1.807) is 34.6 Å². The lowest BCUT2D eigenvalue weighted by atomic mass is 9.79. The summed E-state index contributed by atoms with van der Waals surface area (Å²) in [7, 11) is 0. The summed E-state index contributed by atoms with van der Waals surface area (Å²) in [5.74, 6) is -4.02. The average Bonchev–Trinajstić information content (AvgIpc) is 3.26. The summed E-state index contributed by atoms with van der Waals surface area (Å²) < 4.78 is 54.7. The molecule has 15 atom stereocenters. The van der Waals surface area contributed by atoms with Crippen LogP contribution in [0.1, 0.15) is 129 Å². The number of ketones is 4. The summed E-state index contributed by atoms with van der Waals surface area (Å²) >= 11 is 0. The van der Waals surface area contributed by atoms with E-state index in [-0.39, 0.29) is 63.9 Å². The van der Waals surface area contributed by atoms with Gasteiger partial charge in [-0.15, -0.1) is 0 Å². The van der Waals surface area contributed by atoms with Gasteiger partial charge in [-0.25, -0.2) is 0 Å². The second-order valence-electron chi connectivity index (χ2n) is 18.5. The van der Waals surface area contributed by atoms with Crippen LogP contribution in [0, 0.1) is 0 Å². The number of hydrogen-bond donors (Lipinski definition) is 4. The zero-order valence-electron chi connectivity index (χ0n) is 38.2. The van der Waals surface area contributed by atoms with Crippen LogP contribution in [0.15, 0.2) is 48.6 Å². The Bertz CT molecular complexity index is 2310. The number of rotatable bonds is 13. The molecular weight excluding hydrogens is 877 g/mol. The first kappa shape index (κ1) is 48.7. The van der Waals surface area contributed by atoms with Gasteiger partial charge in [-0.2, -0.15) is 0 Å². The maximum Gasteiger partial charge on any atom is 0.306 e. The molecule has 18 nitrogen and oxygen atoms in total. The molecule has 0 unspecified atom stereocenters. The summed E-state index contributed by atoms with van der Waals surface area (Å²) in [4.78, 5) is 64.2. The van der Waals surface area contributed by atoms with Crippen molar-refractivity contribution >= 4 is 29.1 Å². The molecule has 8 rings (SSSR count). The smallest absolute Gasteiger partial charge is 0.306 e. The lowest BCUT2D eigenvalue weighted by Crippen LogP contribution is -2.52. The molecule has 0 amide bonds. The zero-order valence-corrected chi connectivity index (χ0v) is 38.2. The largest absolute Gasteiger partial charge is 0.507 e. The molecule has 67 heavy (non-hydrogen) atoms. The van der Waals surface area contributed by atoms with Gasteiger partial charge >= 0.3 is 5.97 Å². The van der Waals surface area contributed by atoms with E-state index < -0.39 is 121 Å². The van der Waals surface area contributed by atoms with Crippen molar-refractivity contribution < 1.29 is 87.0 Å². The molecule has 0 spiro atoms. The van der Waals surface area contributed by atoms with Gasteiger partial charge in [0.1, 0.15) is 35.9 Å². The van der Waals surface area contributed by atoms with Crippen molar-refractivity contribution in [3.05, 3.63) is 82.0 Å². The van der Waals surface area contributed by atoms with Crippen molar-refractivity contribution in [3.8, 4) is 11.5 Å². The van der Waals surface area contributed by atoms with Gasteiger partial charge in [0.2, 0.25) is 0 Å². The molecule has 4 N–H and O–H groups in total. The van der Waals surface area contributed by atoms with E-state index in [9.17, 15) is 44.4 Å². The number of carboxylic acid groups (broad SMARTS) is 1. The number of phenolic OH excluding ortho intramolecular Hbond substituents is 2. The molecule has 0 aromatic heterocycles. The predicted octanol–water partition coefficient (Wildman–Crippen LogP) is 4.82. The third kappa shape index (κ3) is 10.3. The summed E-state index contributed by atoms with van der Waals surface area (Å²) in [6, 6.07) is 5.58. The maximum absolute atomic E-state index is 14.2. The Labute approximate surface area is 387 Å². The minimum atomic E-state index is -1.46. The molecular formula is C49H58O18. The zero-order chi connectivity index (χ0) is 48.1. The first-order valence-corrected chi connectivity index (χ1v) is 22.8. The lowest BCUT2D eigenvalue weighted by molar-refractivity contribution is -0.315. The normalized spacial score (nSPS) is 35.2. The van der Waals surface area contributed by atoms with Crippen LogP contribution in [-0.2, 0) is 63.4 Å². The highest BCUT2D eigenvalue weighted by molar-refractivity contribution is 6.30. The number of aliphatic carboxylic acids is 1. The number of fused-ring (bicyclic) bond motifs is 2. The van der Waals surface area contributed by atoms with Gasteiger partial charge in [0.15, 0.2) is 48.3 Å². The summed E-state index contributed by atoms with van der Waals surface area (Å²) in [6.45, 7) is 10.2. The maximum atomic E-state index is 14.2. The molecule has 5 heterocycles. The number of aliphatic hydroxyl groups is 1. The molecule has 362 valence electrons. The Morgan fingerprint density at radius 1 is 0.716 bits per heavy atom. The van der Waals surface area contributed by atoms with Crippen LogP contribution >= 0.6 is 0 Å². The van der Waals surface area contributed by atoms with Crippen molar-refractivity contribution in [3.63, 3.8) is 0 Å². The summed E-state index contributed by atoms with van der Waals surface area (Å²) in [6.07, 6.45) is -2.78. The summed E-state index contributed by atoms with van der Waals surface area (Å²) in [5.41, 5.74) is -2.07. The van der Waals surface area contributed by atoms with E-state index in [1.165, 1.54) is 48.6 Å². The molecule has 0 saturated carbocycles. The topological polar surface area (TPSA) is 249 Å². The molecule has 0 bridgehead atoms. The van der Waals surface area contributed by atoms with E-state index in [0.717, 1.165) is 0 Å². The number of hydrogen-bond acceptors (Lipinski definition) is 17.